The summed E-state index contributed by atoms with van der Waals surface area (Å²) in [7, 11) is 0. The van der Waals surface area contributed by atoms with Crippen LogP contribution in [0.15, 0.2) is 60.7 Å². The van der Waals surface area contributed by atoms with E-state index >= 15 is 0 Å². The van der Waals surface area contributed by atoms with Gasteiger partial charge in [0.1, 0.15) is 6.10 Å². The molecule has 132 valence electrons. The molecule has 3 heteroatoms. The van der Waals surface area contributed by atoms with Gasteiger partial charge in [0.25, 0.3) is 0 Å². The molecule has 0 aromatic heterocycles. The second-order valence-corrected chi connectivity index (χ2v) is 6.95. The zero-order chi connectivity index (χ0) is 17.5. The fraction of sp³-hybridized carbons (Fsp3) is 0.409. The lowest BCUT2D eigenvalue weighted by Gasteiger charge is -2.21. The van der Waals surface area contributed by atoms with Gasteiger partial charge >= 0.3 is 5.97 Å². The van der Waals surface area contributed by atoms with E-state index in [-0.39, 0.29) is 12.1 Å². The third-order valence-corrected chi connectivity index (χ3v) is 5.00. The molecule has 3 rings (SSSR count). The summed E-state index contributed by atoms with van der Waals surface area (Å²) in [6.07, 6.45) is 2.29. The molecule has 1 saturated heterocycles. The molecule has 0 amide bonds. The standard InChI is InChI=1S/C22H27NO2/c1-18(25-22(24)13-12-19-8-4-2-5-9-19)21-14-15-23(17-21)16-20-10-6-3-7-11-20/h2-11,18,21H,12-17H2,1H3/t18-,21+/m0/s1. The molecule has 1 aliphatic heterocycles. The largest absolute Gasteiger partial charge is 0.462 e. The quantitative estimate of drug-likeness (QED) is 0.713. The van der Waals surface area contributed by atoms with Gasteiger partial charge in [-0.25, -0.2) is 0 Å². The molecule has 0 unspecified atom stereocenters. The first-order chi connectivity index (χ1) is 12.2. The van der Waals surface area contributed by atoms with Crippen molar-refractivity contribution in [3.63, 3.8) is 0 Å². The van der Waals surface area contributed by atoms with Gasteiger partial charge in [0.15, 0.2) is 0 Å². The predicted octanol–water partition coefficient (Wildman–Crippen LogP) is 4.07. The van der Waals surface area contributed by atoms with Crippen LogP contribution in [0.25, 0.3) is 0 Å². The Morgan fingerprint density at radius 1 is 1.08 bits per heavy atom. The topological polar surface area (TPSA) is 29.5 Å². The first kappa shape index (κ1) is 17.7. The molecule has 25 heavy (non-hydrogen) atoms. The van der Waals surface area contributed by atoms with Crippen LogP contribution in [-0.4, -0.2) is 30.1 Å². The van der Waals surface area contributed by atoms with Crippen LogP contribution in [0.1, 0.15) is 30.9 Å². The second-order valence-electron chi connectivity index (χ2n) is 6.95. The Hall–Kier alpha value is -2.13. The van der Waals surface area contributed by atoms with E-state index in [0.29, 0.717) is 12.3 Å². The molecule has 2 aromatic carbocycles. The van der Waals surface area contributed by atoms with Crippen molar-refractivity contribution in [1.82, 2.24) is 4.90 Å². The highest BCUT2D eigenvalue weighted by Crippen LogP contribution is 2.23. The lowest BCUT2D eigenvalue weighted by molar-refractivity contribution is -0.150. The molecule has 3 nitrogen and oxygen atoms in total. The molecule has 2 atom stereocenters. The van der Waals surface area contributed by atoms with E-state index in [1.165, 1.54) is 11.1 Å². The number of ether oxygens (including phenoxy) is 1. The SMILES string of the molecule is C[C@H](OC(=O)CCc1ccccc1)[C@@H]1CCN(Cc2ccccc2)C1. The van der Waals surface area contributed by atoms with Crippen LogP contribution in [-0.2, 0) is 22.5 Å². The number of rotatable bonds is 7. The van der Waals surface area contributed by atoms with Gasteiger partial charge in [-0.05, 0) is 37.4 Å². The van der Waals surface area contributed by atoms with E-state index in [0.717, 1.165) is 32.5 Å². The Morgan fingerprint density at radius 3 is 2.40 bits per heavy atom. The predicted molar refractivity (Wildman–Crippen MR) is 100 cm³/mol. The third-order valence-electron chi connectivity index (χ3n) is 5.00. The normalized spacial score (nSPS) is 18.8. The Bertz CT molecular complexity index is 656. The Kier molecular flexibility index (Phi) is 6.24. The smallest absolute Gasteiger partial charge is 0.306 e. The van der Waals surface area contributed by atoms with E-state index in [4.69, 9.17) is 4.74 Å². The maximum atomic E-state index is 12.1. The molecule has 0 bridgehead atoms. The first-order valence-electron chi connectivity index (χ1n) is 9.20. The number of aryl methyl sites for hydroxylation is 1. The fourth-order valence-corrected chi connectivity index (χ4v) is 3.48. The summed E-state index contributed by atoms with van der Waals surface area (Å²) in [6, 6.07) is 20.6. The maximum Gasteiger partial charge on any atom is 0.306 e. The zero-order valence-electron chi connectivity index (χ0n) is 14.9. The Balaban J connectivity index is 1.41. The van der Waals surface area contributed by atoms with Gasteiger partial charge in [0, 0.05) is 25.4 Å². The molecule has 0 spiro atoms. The van der Waals surface area contributed by atoms with Gasteiger partial charge in [-0.2, -0.15) is 0 Å². The third kappa shape index (κ3) is 5.43. The summed E-state index contributed by atoms with van der Waals surface area (Å²) >= 11 is 0. The number of nitrogens with zero attached hydrogens (tertiary/aromatic N) is 1. The van der Waals surface area contributed by atoms with Crippen LogP contribution in [0, 0.1) is 5.92 Å². The van der Waals surface area contributed by atoms with E-state index in [2.05, 4.69) is 41.3 Å². The highest BCUT2D eigenvalue weighted by atomic mass is 16.5. The van der Waals surface area contributed by atoms with Crippen LogP contribution in [0.3, 0.4) is 0 Å². The molecular weight excluding hydrogens is 310 g/mol. The molecule has 1 aliphatic rings. The van der Waals surface area contributed by atoms with Crippen molar-refractivity contribution in [1.29, 1.82) is 0 Å². The lowest BCUT2D eigenvalue weighted by Crippen LogP contribution is -2.27. The van der Waals surface area contributed by atoms with Gasteiger partial charge in [-0.15, -0.1) is 0 Å². The van der Waals surface area contributed by atoms with Crippen LogP contribution in [0.5, 0.6) is 0 Å². The van der Waals surface area contributed by atoms with Crippen molar-refractivity contribution in [3.8, 4) is 0 Å². The number of hydrogen-bond acceptors (Lipinski definition) is 3. The van der Waals surface area contributed by atoms with E-state index in [9.17, 15) is 4.79 Å². The summed E-state index contributed by atoms with van der Waals surface area (Å²) in [5.41, 5.74) is 2.53. The minimum atomic E-state index is -0.0853. The number of benzene rings is 2. The summed E-state index contributed by atoms with van der Waals surface area (Å²) < 4.78 is 5.69. The van der Waals surface area contributed by atoms with E-state index in [1.807, 2.05) is 31.2 Å². The van der Waals surface area contributed by atoms with Crippen molar-refractivity contribution in [2.45, 2.75) is 38.8 Å². The van der Waals surface area contributed by atoms with Gasteiger partial charge < -0.3 is 4.74 Å². The second kappa shape index (κ2) is 8.82. The molecule has 1 heterocycles. The van der Waals surface area contributed by atoms with Crippen molar-refractivity contribution in [2.75, 3.05) is 13.1 Å². The van der Waals surface area contributed by atoms with Crippen molar-refractivity contribution in [2.24, 2.45) is 5.92 Å². The van der Waals surface area contributed by atoms with E-state index in [1.54, 1.807) is 0 Å². The number of hydrogen-bond donors (Lipinski definition) is 0. The van der Waals surface area contributed by atoms with Gasteiger partial charge in [0.2, 0.25) is 0 Å². The number of esters is 1. The van der Waals surface area contributed by atoms with Gasteiger partial charge in [0.05, 0.1) is 0 Å². The summed E-state index contributed by atoms with van der Waals surface area (Å²) in [5, 5.41) is 0. The average molecular weight is 337 g/mol. The van der Waals surface area contributed by atoms with Crippen LogP contribution >= 0.6 is 0 Å². The van der Waals surface area contributed by atoms with Gasteiger partial charge in [-0.3, -0.25) is 9.69 Å². The van der Waals surface area contributed by atoms with Gasteiger partial charge in [-0.1, -0.05) is 60.7 Å². The van der Waals surface area contributed by atoms with Crippen LogP contribution < -0.4 is 0 Å². The number of likely N-dealkylation sites (tertiary alicyclic amines) is 1. The molecule has 2 aromatic rings. The molecule has 1 fully saturated rings. The zero-order valence-corrected chi connectivity index (χ0v) is 14.9. The highest BCUT2D eigenvalue weighted by Gasteiger charge is 2.29. The molecular formula is C22H27NO2. The van der Waals surface area contributed by atoms with Crippen molar-refractivity contribution in [3.05, 3.63) is 71.8 Å². The van der Waals surface area contributed by atoms with Crippen LogP contribution in [0.2, 0.25) is 0 Å². The first-order valence-corrected chi connectivity index (χ1v) is 9.20. The van der Waals surface area contributed by atoms with Crippen molar-refractivity contribution >= 4 is 5.97 Å². The summed E-state index contributed by atoms with van der Waals surface area (Å²) in [6.45, 7) is 5.09. The monoisotopic (exact) mass is 337 g/mol. The Labute approximate surface area is 150 Å². The fourth-order valence-electron chi connectivity index (χ4n) is 3.48. The molecule has 0 aliphatic carbocycles. The van der Waals surface area contributed by atoms with E-state index < -0.39 is 0 Å². The maximum absolute atomic E-state index is 12.1. The summed E-state index contributed by atoms with van der Waals surface area (Å²) in [5.74, 6) is 0.349. The van der Waals surface area contributed by atoms with Crippen molar-refractivity contribution < 1.29 is 9.53 Å². The molecule has 0 saturated carbocycles. The highest BCUT2D eigenvalue weighted by molar-refractivity contribution is 5.69. The lowest BCUT2D eigenvalue weighted by atomic mass is 10.0. The number of carbonyl (C=O) groups is 1. The minimum absolute atomic E-state index is 0.0101. The Morgan fingerprint density at radius 2 is 1.72 bits per heavy atom. The minimum Gasteiger partial charge on any atom is -0.462 e. The number of carbonyl (C=O) groups excluding carboxylic acids is 1. The summed E-state index contributed by atoms with van der Waals surface area (Å²) in [4.78, 5) is 14.6. The van der Waals surface area contributed by atoms with Crippen LogP contribution in [0.4, 0.5) is 0 Å². The molecule has 0 radical (unpaired) electrons. The average Bonchev–Trinajstić information content (AvgIpc) is 3.10. The molecule has 0 N–H and O–H groups in total.